The quantitative estimate of drug-likeness (QED) is 0.558. The number of hydrogen-bond acceptors (Lipinski definition) is 7. The van der Waals surface area contributed by atoms with Crippen LogP contribution in [0.4, 0.5) is 5.82 Å². The first-order chi connectivity index (χ1) is 15.7. The Balaban J connectivity index is 1.36. The molecule has 0 radical (unpaired) electrons. The molecule has 174 valence electrons. The second-order valence-corrected chi connectivity index (χ2v) is 9.84. The summed E-state index contributed by atoms with van der Waals surface area (Å²) >= 11 is 0. The number of aryl methyl sites for hydroxylation is 2. The number of anilines is 1. The Bertz CT molecular complexity index is 1240. The zero-order valence-corrected chi connectivity index (χ0v) is 19.4. The summed E-state index contributed by atoms with van der Waals surface area (Å²) in [5.41, 5.74) is 2.71. The van der Waals surface area contributed by atoms with Crippen LogP contribution in [-0.2, 0) is 21.4 Å². The van der Waals surface area contributed by atoms with Crippen molar-refractivity contribution >= 4 is 21.7 Å². The summed E-state index contributed by atoms with van der Waals surface area (Å²) in [6, 6.07) is 11.9. The molecule has 0 bridgehead atoms. The van der Waals surface area contributed by atoms with Crippen molar-refractivity contribution in [3.05, 3.63) is 59.4 Å². The van der Waals surface area contributed by atoms with Gasteiger partial charge in [-0.25, -0.2) is 18.2 Å². The number of piperidine rings is 1. The summed E-state index contributed by atoms with van der Waals surface area (Å²) in [6.45, 7) is 5.59. The third-order valence-corrected chi connectivity index (χ3v) is 6.63. The molecule has 0 spiro atoms. The lowest BCUT2D eigenvalue weighted by Gasteiger charge is -2.32. The summed E-state index contributed by atoms with van der Waals surface area (Å²) in [5.74, 6) is 1.18. The fraction of sp³-hybridized carbons (Fsp3) is 0.364. The Morgan fingerprint density at radius 2 is 1.82 bits per heavy atom. The van der Waals surface area contributed by atoms with E-state index in [0.717, 1.165) is 42.2 Å². The molecule has 1 atom stereocenters. The standard InChI is InChI=1S/C22H27N7O3S/c1-15-12-16(2)29(27-15)21-10-9-20(25-26-21)28-11-3-4-18(14-28)22(30)24-13-17-5-7-19(8-6-17)33(23,31)32/h5-10,12,18H,3-4,11,13-14H2,1-2H3,(H,24,30)(H2,23,31,32). The number of amides is 1. The lowest BCUT2D eigenvalue weighted by Crippen LogP contribution is -2.43. The molecule has 3 aromatic rings. The van der Waals surface area contributed by atoms with Gasteiger partial charge in [0.15, 0.2) is 11.6 Å². The molecule has 1 fully saturated rings. The van der Waals surface area contributed by atoms with Crippen LogP contribution >= 0.6 is 0 Å². The van der Waals surface area contributed by atoms with Gasteiger partial charge in [0.25, 0.3) is 0 Å². The molecule has 33 heavy (non-hydrogen) atoms. The Morgan fingerprint density at radius 1 is 1.12 bits per heavy atom. The highest BCUT2D eigenvalue weighted by atomic mass is 32.2. The molecule has 0 saturated carbocycles. The van der Waals surface area contributed by atoms with Crippen LogP contribution in [0.5, 0.6) is 0 Å². The number of nitrogens with two attached hydrogens (primary N) is 1. The molecule has 3 heterocycles. The summed E-state index contributed by atoms with van der Waals surface area (Å²) in [4.78, 5) is 14.9. The van der Waals surface area contributed by atoms with Crippen molar-refractivity contribution in [1.29, 1.82) is 0 Å². The van der Waals surface area contributed by atoms with Crippen molar-refractivity contribution in [3.8, 4) is 5.82 Å². The number of nitrogens with zero attached hydrogens (tertiary/aromatic N) is 5. The summed E-state index contributed by atoms with van der Waals surface area (Å²) in [5, 5.41) is 21.2. The van der Waals surface area contributed by atoms with E-state index >= 15 is 0 Å². The van der Waals surface area contributed by atoms with Gasteiger partial charge in [-0.1, -0.05) is 12.1 Å². The van der Waals surface area contributed by atoms with E-state index in [1.54, 1.807) is 16.8 Å². The molecule has 1 unspecified atom stereocenters. The number of sulfonamides is 1. The number of nitrogens with one attached hydrogen (secondary N) is 1. The third kappa shape index (κ3) is 5.37. The van der Waals surface area contributed by atoms with Gasteiger partial charge in [0.1, 0.15) is 0 Å². The molecular weight excluding hydrogens is 442 g/mol. The minimum Gasteiger partial charge on any atom is -0.354 e. The number of primary sulfonamides is 1. The largest absolute Gasteiger partial charge is 0.354 e. The zero-order chi connectivity index (χ0) is 23.6. The molecule has 2 aromatic heterocycles. The first-order valence-corrected chi connectivity index (χ1v) is 12.3. The molecule has 1 saturated heterocycles. The fourth-order valence-electron chi connectivity index (χ4n) is 3.99. The number of hydrogen-bond donors (Lipinski definition) is 2. The molecule has 3 N–H and O–H groups in total. The van der Waals surface area contributed by atoms with Crippen LogP contribution in [0.15, 0.2) is 47.4 Å². The van der Waals surface area contributed by atoms with E-state index in [-0.39, 0.29) is 16.7 Å². The van der Waals surface area contributed by atoms with Gasteiger partial charge < -0.3 is 10.2 Å². The van der Waals surface area contributed by atoms with E-state index in [1.165, 1.54) is 12.1 Å². The fourth-order valence-corrected chi connectivity index (χ4v) is 4.51. The van der Waals surface area contributed by atoms with Crippen LogP contribution in [0.3, 0.4) is 0 Å². The molecule has 4 rings (SSSR count). The normalized spacial score (nSPS) is 16.6. The molecule has 1 aliphatic rings. The maximum atomic E-state index is 12.8. The molecule has 0 aliphatic carbocycles. The van der Waals surface area contributed by atoms with Gasteiger partial charge in [-0.3, -0.25) is 4.79 Å². The van der Waals surface area contributed by atoms with Crippen molar-refractivity contribution in [2.75, 3.05) is 18.0 Å². The van der Waals surface area contributed by atoms with Gasteiger partial charge in [0.2, 0.25) is 15.9 Å². The smallest absolute Gasteiger partial charge is 0.238 e. The van der Waals surface area contributed by atoms with Gasteiger partial charge >= 0.3 is 0 Å². The van der Waals surface area contributed by atoms with Crippen molar-refractivity contribution in [2.24, 2.45) is 11.1 Å². The van der Waals surface area contributed by atoms with Crippen LogP contribution < -0.4 is 15.4 Å². The van der Waals surface area contributed by atoms with E-state index in [1.807, 2.05) is 32.0 Å². The lowest BCUT2D eigenvalue weighted by molar-refractivity contribution is -0.125. The van der Waals surface area contributed by atoms with Crippen LogP contribution in [0.2, 0.25) is 0 Å². The van der Waals surface area contributed by atoms with Crippen LogP contribution in [0.1, 0.15) is 29.8 Å². The summed E-state index contributed by atoms with van der Waals surface area (Å²) < 4.78 is 24.5. The number of carbonyl (C=O) groups is 1. The van der Waals surface area contributed by atoms with Crippen molar-refractivity contribution in [3.63, 3.8) is 0 Å². The number of benzene rings is 1. The lowest BCUT2D eigenvalue weighted by atomic mass is 9.97. The number of aromatic nitrogens is 4. The average molecular weight is 470 g/mol. The molecule has 1 amide bonds. The second kappa shape index (κ2) is 9.28. The first-order valence-electron chi connectivity index (χ1n) is 10.7. The molecule has 10 nitrogen and oxygen atoms in total. The first kappa shape index (κ1) is 22.9. The van der Waals surface area contributed by atoms with Crippen molar-refractivity contribution in [2.45, 2.75) is 38.1 Å². The zero-order valence-electron chi connectivity index (χ0n) is 18.6. The van der Waals surface area contributed by atoms with Crippen molar-refractivity contribution < 1.29 is 13.2 Å². The maximum absolute atomic E-state index is 12.8. The van der Waals surface area contributed by atoms with Gasteiger partial charge in [-0.15, -0.1) is 10.2 Å². The summed E-state index contributed by atoms with van der Waals surface area (Å²) in [6.07, 6.45) is 1.67. The molecule has 11 heteroatoms. The summed E-state index contributed by atoms with van der Waals surface area (Å²) in [7, 11) is -3.73. The minimum absolute atomic E-state index is 0.0394. The van der Waals surface area contributed by atoms with Crippen LogP contribution in [0, 0.1) is 19.8 Å². The Hall–Kier alpha value is -3.31. The Labute approximate surface area is 192 Å². The van der Waals surface area contributed by atoms with Gasteiger partial charge in [-0.2, -0.15) is 5.10 Å². The Morgan fingerprint density at radius 3 is 2.42 bits per heavy atom. The molecule has 1 aliphatic heterocycles. The van der Waals surface area contributed by atoms with E-state index in [2.05, 4.69) is 25.5 Å². The highest BCUT2D eigenvalue weighted by Crippen LogP contribution is 2.22. The minimum atomic E-state index is -3.73. The van der Waals surface area contributed by atoms with Gasteiger partial charge in [-0.05, 0) is 62.6 Å². The SMILES string of the molecule is Cc1cc(C)n(-c2ccc(N3CCCC(C(=O)NCc4ccc(S(N)(=O)=O)cc4)C3)nn2)n1. The predicted octanol–water partition coefficient (Wildman–Crippen LogP) is 1.46. The topological polar surface area (TPSA) is 136 Å². The second-order valence-electron chi connectivity index (χ2n) is 8.28. The Kier molecular flexibility index (Phi) is 6.43. The van der Waals surface area contributed by atoms with Crippen LogP contribution in [0.25, 0.3) is 5.82 Å². The highest BCUT2D eigenvalue weighted by Gasteiger charge is 2.26. The van der Waals surface area contributed by atoms with E-state index in [9.17, 15) is 13.2 Å². The third-order valence-electron chi connectivity index (χ3n) is 5.70. The maximum Gasteiger partial charge on any atom is 0.238 e. The highest BCUT2D eigenvalue weighted by molar-refractivity contribution is 7.89. The average Bonchev–Trinajstić information content (AvgIpc) is 3.15. The van der Waals surface area contributed by atoms with E-state index in [0.29, 0.717) is 18.9 Å². The number of carbonyl (C=O) groups excluding carboxylic acids is 1. The van der Waals surface area contributed by atoms with E-state index in [4.69, 9.17) is 5.14 Å². The van der Waals surface area contributed by atoms with Gasteiger partial charge in [0, 0.05) is 25.3 Å². The van der Waals surface area contributed by atoms with Crippen LogP contribution in [-0.4, -0.2) is 47.4 Å². The molecule has 1 aromatic carbocycles. The molecular formula is C22H27N7O3S. The van der Waals surface area contributed by atoms with Gasteiger partial charge in [0.05, 0.1) is 16.5 Å². The predicted molar refractivity (Wildman–Crippen MR) is 123 cm³/mol. The monoisotopic (exact) mass is 469 g/mol. The van der Waals surface area contributed by atoms with Crippen molar-refractivity contribution in [1.82, 2.24) is 25.3 Å². The van der Waals surface area contributed by atoms with E-state index < -0.39 is 10.0 Å². The number of rotatable bonds is 6.